The third kappa shape index (κ3) is 2.97. The van der Waals surface area contributed by atoms with Crippen molar-refractivity contribution in [1.82, 2.24) is 5.32 Å². The van der Waals surface area contributed by atoms with Crippen LogP contribution in [0.15, 0.2) is 11.3 Å². The zero-order valence-electron chi connectivity index (χ0n) is 9.45. The van der Waals surface area contributed by atoms with E-state index in [0.29, 0.717) is 0 Å². The maximum atomic E-state index is 11.3. The van der Waals surface area contributed by atoms with Gasteiger partial charge in [-0.05, 0) is 0 Å². The van der Waals surface area contributed by atoms with Gasteiger partial charge in [0.2, 0.25) is 0 Å². The first-order valence-electron chi connectivity index (χ1n) is 4.20. The molecule has 0 aromatic heterocycles. The Labute approximate surface area is 92.3 Å². The van der Waals surface area contributed by atoms with Crippen molar-refractivity contribution >= 4 is 17.9 Å². The SMILES string of the molecule is CNC(C(=O)OC)=C(C(=O)OC)C(=O)OC. The normalized spacial score (nSPS) is 8.75. The minimum Gasteiger partial charge on any atom is -0.465 e. The molecular weight excluding hydrogens is 218 g/mol. The van der Waals surface area contributed by atoms with E-state index in [4.69, 9.17) is 0 Å². The van der Waals surface area contributed by atoms with E-state index in [9.17, 15) is 14.4 Å². The van der Waals surface area contributed by atoms with Crippen LogP contribution in [0.4, 0.5) is 0 Å². The van der Waals surface area contributed by atoms with E-state index in [0.717, 1.165) is 21.3 Å². The predicted octanol–water partition coefficient (Wildman–Crippen LogP) is -1.02. The van der Waals surface area contributed by atoms with Crippen LogP contribution in [0.5, 0.6) is 0 Å². The first-order chi connectivity index (χ1) is 7.53. The monoisotopic (exact) mass is 231 g/mol. The largest absolute Gasteiger partial charge is 0.465 e. The molecule has 7 nitrogen and oxygen atoms in total. The van der Waals surface area contributed by atoms with Gasteiger partial charge < -0.3 is 19.5 Å². The van der Waals surface area contributed by atoms with Crippen LogP contribution in [0.1, 0.15) is 0 Å². The molecule has 0 unspecified atom stereocenters. The van der Waals surface area contributed by atoms with E-state index in [-0.39, 0.29) is 5.70 Å². The highest BCUT2D eigenvalue weighted by Crippen LogP contribution is 2.07. The topological polar surface area (TPSA) is 90.9 Å². The highest BCUT2D eigenvalue weighted by Gasteiger charge is 2.28. The van der Waals surface area contributed by atoms with Crippen LogP contribution in [0.2, 0.25) is 0 Å². The molecule has 0 bridgehead atoms. The first kappa shape index (κ1) is 13.9. The fraction of sp³-hybridized carbons (Fsp3) is 0.444. The Morgan fingerprint density at radius 1 is 0.812 bits per heavy atom. The number of carbonyl (C=O) groups is 3. The summed E-state index contributed by atoms with van der Waals surface area (Å²) < 4.78 is 13.1. The summed E-state index contributed by atoms with van der Waals surface area (Å²) in [6, 6.07) is 0. The zero-order chi connectivity index (χ0) is 12.7. The number of hydrogen-bond donors (Lipinski definition) is 1. The van der Waals surface area contributed by atoms with Gasteiger partial charge in [-0.15, -0.1) is 0 Å². The number of likely N-dealkylation sites (N-methyl/N-ethyl adjacent to an activating group) is 1. The number of hydrogen-bond acceptors (Lipinski definition) is 7. The molecule has 0 aromatic carbocycles. The average molecular weight is 231 g/mol. The molecule has 90 valence electrons. The maximum Gasteiger partial charge on any atom is 0.355 e. The Bertz CT molecular complexity index is 315. The Balaban J connectivity index is 5.56. The van der Waals surface area contributed by atoms with E-state index in [1.165, 1.54) is 7.05 Å². The van der Waals surface area contributed by atoms with Gasteiger partial charge in [0.05, 0.1) is 21.3 Å². The Kier molecular flexibility index (Phi) is 5.61. The minimum atomic E-state index is -0.985. The summed E-state index contributed by atoms with van der Waals surface area (Å²) in [4.78, 5) is 33.9. The van der Waals surface area contributed by atoms with Gasteiger partial charge >= 0.3 is 17.9 Å². The lowest BCUT2D eigenvalue weighted by atomic mass is 10.2. The van der Waals surface area contributed by atoms with E-state index in [1.54, 1.807) is 0 Å². The maximum absolute atomic E-state index is 11.3. The standard InChI is InChI=1S/C9H13NO6/c1-10-6(9(13)16-4)5(7(11)14-2)8(12)15-3/h10H,1-4H3. The highest BCUT2D eigenvalue weighted by molar-refractivity contribution is 6.18. The average Bonchev–Trinajstić information content (AvgIpc) is 2.32. The van der Waals surface area contributed by atoms with Crippen LogP contribution in [-0.2, 0) is 28.6 Å². The summed E-state index contributed by atoms with van der Waals surface area (Å²) in [5.41, 5.74) is -0.861. The van der Waals surface area contributed by atoms with Crippen molar-refractivity contribution in [2.45, 2.75) is 0 Å². The summed E-state index contributed by atoms with van der Waals surface area (Å²) in [5, 5.41) is 2.39. The molecule has 0 fully saturated rings. The van der Waals surface area contributed by atoms with E-state index >= 15 is 0 Å². The molecule has 0 amide bonds. The molecule has 0 aliphatic carbocycles. The van der Waals surface area contributed by atoms with Crippen LogP contribution in [0.25, 0.3) is 0 Å². The third-order valence-corrected chi connectivity index (χ3v) is 1.67. The molecule has 0 aliphatic rings. The molecule has 0 heterocycles. The Morgan fingerprint density at radius 3 is 1.44 bits per heavy atom. The van der Waals surface area contributed by atoms with Crippen molar-refractivity contribution in [1.29, 1.82) is 0 Å². The second-order valence-electron chi connectivity index (χ2n) is 2.47. The molecule has 16 heavy (non-hydrogen) atoms. The lowest BCUT2D eigenvalue weighted by molar-refractivity contribution is -0.146. The minimum absolute atomic E-state index is 0.318. The molecule has 7 heteroatoms. The van der Waals surface area contributed by atoms with Gasteiger partial charge in [-0.3, -0.25) is 0 Å². The molecule has 0 atom stereocenters. The number of ether oxygens (including phenoxy) is 3. The van der Waals surface area contributed by atoms with Crippen molar-refractivity contribution in [3.63, 3.8) is 0 Å². The van der Waals surface area contributed by atoms with Gasteiger partial charge in [0.15, 0.2) is 5.57 Å². The first-order valence-corrected chi connectivity index (χ1v) is 4.20. The third-order valence-electron chi connectivity index (χ3n) is 1.67. The number of methoxy groups -OCH3 is 3. The summed E-state index contributed by atoms with van der Waals surface area (Å²) in [5.74, 6) is -2.84. The Hall–Kier alpha value is -2.05. The quantitative estimate of drug-likeness (QED) is 0.218. The summed E-state index contributed by atoms with van der Waals surface area (Å²) in [6.07, 6.45) is 0. The van der Waals surface area contributed by atoms with Crippen LogP contribution in [0.3, 0.4) is 0 Å². The van der Waals surface area contributed by atoms with Gasteiger partial charge in [0, 0.05) is 7.05 Å². The molecule has 0 spiro atoms. The van der Waals surface area contributed by atoms with Gasteiger partial charge in [0.1, 0.15) is 5.70 Å². The molecule has 0 aliphatic heterocycles. The van der Waals surface area contributed by atoms with Crippen LogP contribution >= 0.6 is 0 Å². The van der Waals surface area contributed by atoms with Gasteiger partial charge in [0.25, 0.3) is 0 Å². The number of rotatable bonds is 4. The molecule has 0 radical (unpaired) electrons. The number of carbonyl (C=O) groups excluding carboxylic acids is 3. The molecule has 0 saturated heterocycles. The smallest absolute Gasteiger partial charge is 0.355 e. The second-order valence-corrected chi connectivity index (χ2v) is 2.47. The molecular formula is C9H13NO6. The van der Waals surface area contributed by atoms with Crippen LogP contribution < -0.4 is 5.32 Å². The van der Waals surface area contributed by atoms with Crippen molar-refractivity contribution < 1.29 is 28.6 Å². The van der Waals surface area contributed by atoms with Crippen molar-refractivity contribution in [2.24, 2.45) is 0 Å². The Morgan fingerprint density at radius 2 is 1.19 bits per heavy atom. The predicted molar refractivity (Wildman–Crippen MR) is 52.1 cm³/mol. The molecule has 0 saturated carbocycles. The highest BCUT2D eigenvalue weighted by atomic mass is 16.5. The van der Waals surface area contributed by atoms with Crippen LogP contribution in [-0.4, -0.2) is 46.3 Å². The van der Waals surface area contributed by atoms with Crippen LogP contribution in [0, 0.1) is 0 Å². The number of esters is 3. The molecule has 0 rings (SSSR count). The van der Waals surface area contributed by atoms with Gasteiger partial charge in [-0.25, -0.2) is 14.4 Å². The van der Waals surface area contributed by atoms with Gasteiger partial charge in [-0.2, -0.15) is 0 Å². The van der Waals surface area contributed by atoms with Gasteiger partial charge in [-0.1, -0.05) is 0 Å². The van der Waals surface area contributed by atoms with E-state index in [1.807, 2.05) is 0 Å². The summed E-state index contributed by atoms with van der Waals surface area (Å²) in [7, 11) is 4.63. The molecule has 1 N–H and O–H groups in total. The van der Waals surface area contributed by atoms with E-state index in [2.05, 4.69) is 19.5 Å². The fourth-order valence-electron chi connectivity index (χ4n) is 0.923. The lowest BCUT2D eigenvalue weighted by Gasteiger charge is -2.09. The summed E-state index contributed by atoms with van der Waals surface area (Å²) >= 11 is 0. The zero-order valence-corrected chi connectivity index (χ0v) is 9.45. The lowest BCUT2D eigenvalue weighted by Crippen LogP contribution is -2.28. The van der Waals surface area contributed by atoms with E-state index < -0.39 is 23.5 Å². The summed E-state index contributed by atoms with van der Waals surface area (Å²) in [6.45, 7) is 0. The second kappa shape index (κ2) is 6.44. The number of nitrogens with one attached hydrogen (secondary N) is 1. The van der Waals surface area contributed by atoms with Crippen molar-refractivity contribution in [2.75, 3.05) is 28.4 Å². The van der Waals surface area contributed by atoms with Crippen molar-refractivity contribution in [3.05, 3.63) is 11.3 Å². The molecule has 0 aromatic rings. The fourth-order valence-corrected chi connectivity index (χ4v) is 0.923. The van der Waals surface area contributed by atoms with Crippen molar-refractivity contribution in [3.8, 4) is 0 Å².